The first-order chi connectivity index (χ1) is 14.0. The summed E-state index contributed by atoms with van der Waals surface area (Å²) < 4.78 is 13.8. The largest absolute Gasteiger partial charge is 0.497 e. The maximum atomic E-state index is 9.59. The van der Waals surface area contributed by atoms with E-state index in [1.807, 2.05) is 66.7 Å². The average Bonchev–Trinajstić information content (AvgIpc) is 2.73. The Hall–Kier alpha value is -2.07. The van der Waals surface area contributed by atoms with Crippen LogP contribution in [0.2, 0.25) is 0 Å². The maximum absolute atomic E-state index is 9.59. The van der Waals surface area contributed by atoms with E-state index in [2.05, 4.69) is 53.9 Å². The van der Waals surface area contributed by atoms with Crippen molar-refractivity contribution in [2.24, 2.45) is 0 Å². The summed E-state index contributed by atoms with van der Waals surface area (Å²) >= 11 is 10.6. The fraction of sp³-hybridized carbons (Fsp3) is 0.0870. The molecule has 0 aliphatic heterocycles. The molecule has 0 aromatic heterocycles. The van der Waals surface area contributed by atoms with Gasteiger partial charge in [-0.2, -0.15) is 5.26 Å². The van der Waals surface area contributed by atoms with Crippen molar-refractivity contribution < 1.29 is 9.47 Å². The van der Waals surface area contributed by atoms with Gasteiger partial charge in [0.15, 0.2) is 0 Å². The first-order valence-electron chi connectivity index (χ1n) is 8.62. The molecule has 0 unspecified atom stereocenters. The van der Waals surface area contributed by atoms with E-state index in [1.54, 1.807) is 7.11 Å². The van der Waals surface area contributed by atoms with Crippen molar-refractivity contribution in [2.45, 2.75) is 6.61 Å². The number of hydrogen-bond acceptors (Lipinski definition) is 3. The molecular formula is C23H16Br3NO2. The fourth-order valence-electron chi connectivity index (χ4n) is 2.65. The van der Waals surface area contributed by atoms with Gasteiger partial charge < -0.3 is 9.47 Å². The van der Waals surface area contributed by atoms with Crippen LogP contribution in [-0.4, -0.2) is 7.11 Å². The summed E-state index contributed by atoms with van der Waals surface area (Å²) in [6.45, 7) is 0.453. The van der Waals surface area contributed by atoms with Crippen molar-refractivity contribution >= 4 is 59.4 Å². The second kappa shape index (κ2) is 10.1. The van der Waals surface area contributed by atoms with Gasteiger partial charge in [0.1, 0.15) is 18.1 Å². The van der Waals surface area contributed by atoms with E-state index in [0.717, 1.165) is 35.9 Å². The van der Waals surface area contributed by atoms with Crippen LogP contribution in [0, 0.1) is 11.3 Å². The average molecular weight is 578 g/mol. The Bertz CT molecular complexity index is 1050. The highest BCUT2D eigenvalue weighted by Gasteiger charge is 2.10. The zero-order chi connectivity index (χ0) is 20.8. The number of allylic oxidation sites excluding steroid dienone is 1. The summed E-state index contributed by atoms with van der Waals surface area (Å²) in [6.07, 6.45) is 1.84. The second-order valence-corrected chi connectivity index (χ2v) is 8.75. The highest BCUT2D eigenvalue weighted by Crippen LogP contribution is 2.36. The maximum Gasteiger partial charge on any atom is 0.148 e. The minimum atomic E-state index is 0.453. The van der Waals surface area contributed by atoms with Gasteiger partial charge in [-0.25, -0.2) is 0 Å². The molecule has 0 N–H and O–H groups in total. The molecule has 3 aromatic carbocycles. The van der Waals surface area contributed by atoms with E-state index in [-0.39, 0.29) is 0 Å². The number of rotatable bonds is 6. The molecule has 146 valence electrons. The molecule has 0 aliphatic carbocycles. The van der Waals surface area contributed by atoms with Crippen LogP contribution in [0.15, 0.2) is 74.1 Å². The lowest BCUT2D eigenvalue weighted by Gasteiger charge is -2.12. The van der Waals surface area contributed by atoms with Crippen molar-refractivity contribution in [1.29, 1.82) is 5.26 Å². The standard InChI is InChI=1S/C23H16Br3NO2/c1-28-20-8-4-17(5-9-20)18(13-27)10-16-11-21(25)23(22(26)12-16)29-14-15-2-6-19(24)7-3-15/h2-12H,14H2,1H3/b18-10+. The van der Waals surface area contributed by atoms with Gasteiger partial charge in [-0.15, -0.1) is 0 Å². The van der Waals surface area contributed by atoms with E-state index in [4.69, 9.17) is 9.47 Å². The zero-order valence-corrected chi connectivity index (χ0v) is 20.2. The number of halogens is 3. The SMILES string of the molecule is COc1ccc(/C(C#N)=C/c2cc(Br)c(OCc3ccc(Br)cc3)c(Br)c2)cc1. The molecule has 3 aromatic rings. The number of hydrogen-bond donors (Lipinski definition) is 0. The quantitative estimate of drug-likeness (QED) is 0.223. The van der Waals surface area contributed by atoms with E-state index in [9.17, 15) is 5.26 Å². The first kappa shape index (κ1) is 21.6. The molecule has 3 nitrogen and oxygen atoms in total. The van der Waals surface area contributed by atoms with Gasteiger partial charge in [0.25, 0.3) is 0 Å². The van der Waals surface area contributed by atoms with Gasteiger partial charge >= 0.3 is 0 Å². The summed E-state index contributed by atoms with van der Waals surface area (Å²) in [7, 11) is 1.62. The van der Waals surface area contributed by atoms with Crippen LogP contribution >= 0.6 is 47.8 Å². The van der Waals surface area contributed by atoms with Gasteiger partial charge in [0.05, 0.1) is 27.7 Å². The highest BCUT2D eigenvalue weighted by atomic mass is 79.9. The highest BCUT2D eigenvalue weighted by molar-refractivity contribution is 9.11. The lowest BCUT2D eigenvalue weighted by atomic mass is 10.0. The lowest BCUT2D eigenvalue weighted by molar-refractivity contribution is 0.302. The number of ether oxygens (including phenoxy) is 2. The Balaban J connectivity index is 1.82. The third-order valence-electron chi connectivity index (χ3n) is 4.15. The fourth-order valence-corrected chi connectivity index (χ4v) is 4.37. The Morgan fingerprint density at radius 1 is 0.966 bits per heavy atom. The van der Waals surface area contributed by atoms with Crippen LogP contribution in [0.5, 0.6) is 11.5 Å². The summed E-state index contributed by atoms with van der Waals surface area (Å²) in [5, 5.41) is 9.59. The van der Waals surface area contributed by atoms with Crippen LogP contribution in [-0.2, 0) is 6.61 Å². The second-order valence-electron chi connectivity index (χ2n) is 6.13. The minimum absolute atomic E-state index is 0.453. The van der Waals surface area contributed by atoms with E-state index in [0.29, 0.717) is 17.9 Å². The predicted molar refractivity (Wildman–Crippen MR) is 127 cm³/mol. The molecular weight excluding hydrogens is 562 g/mol. The Morgan fingerprint density at radius 3 is 2.14 bits per heavy atom. The Labute approximate surface area is 195 Å². The molecule has 0 heterocycles. The topological polar surface area (TPSA) is 42.2 Å². The van der Waals surface area contributed by atoms with Gasteiger partial charge in [-0.1, -0.05) is 28.1 Å². The monoisotopic (exact) mass is 575 g/mol. The van der Waals surface area contributed by atoms with Crippen LogP contribution in [0.25, 0.3) is 11.6 Å². The third kappa shape index (κ3) is 5.72. The summed E-state index contributed by atoms with van der Waals surface area (Å²) in [5.41, 5.74) is 3.35. The summed E-state index contributed by atoms with van der Waals surface area (Å²) in [6, 6.07) is 21.5. The summed E-state index contributed by atoms with van der Waals surface area (Å²) in [5.74, 6) is 1.47. The van der Waals surface area contributed by atoms with E-state index in [1.165, 1.54) is 0 Å². The number of nitriles is 1. The molecule has 0 bridgehead atoms. The molecule has 3 rings (SSSR count). The van der Waals surface area contributed by atoms with E-state index >= 15 is 0 Å². The molecule has 0 atom stereocenters. The molecule has 0 radical (unpaired) electrons. The molecule has 0 aliphatic rings. The van der Waals surface area contributed by atoms with Crippen molar-refractivity contribution in [3.63, 3.8) is 0 Å². The molecule has 0 saturated carbocycles. The van der Waals surface area contributed by atoms with Crippen molar-refractivity contribution in [3.8, 4) is 17.6 Å². The molecule has 0 fully saturated rings. The van der Waals surface area contributed by atoms with Gasteiger partial charge in [-0.05, 0) is 103 Å². The molecule has 6 heteroatoms. The zero-order valence-electron chi connectivity index (χ0n) is 15.5. The molecule has 29 heavy (non-hydrogen) atoms. The van der Waals surface area contributed by atoms with Crippen LogP contribution < -0.4 is 9.47 Å². The minimum Gasteiger partial charge on any atom is -0.497 e. The van der Waals surface area contributed by atoms with Crippen molar-refractivity contribution in [2.75, 3.05) is 7.11 Å². The number of benzene rings is 3. The third-order valence-corrected chi connectivity index (χ3v) is 5.86. The van der Waals surface area contributed by atoms with Gasteiger partial charge in [0.2, 0.25) is 0 Å². The Morgan fingerprint density at radius 2 is 1.59 bits per heavy atom. The van der Waals surface area contributed by atoms with Gasteiger partial charge in [0, 0.05) is 4.47 Å². The summed E-state index contributed by atoms with van der Waals surface area (Å²) in [4.78, 5) is 0. The Kier molecular flexibility index (Phi) is 7.54. The van der Waals surface area contributed by atoms with Crippen LogP contribution in [0.3, 0.4) is 0 Å². The smallest absolute Gasteiger partial charge is 0.148 e. The predicted octanol–water partition coefficient (Wildman–Crippen LogP) is 7.63. The molecule has 0 spiro atoms. The molecule has 0 amide bonds. The van der Waals surface area contributed by atoms with Crippen LogP contribution in [0.4, 0.5) is 0 Å². The van der Waals surface area contributed by atoms with Gasteiger partial charge in [-0.3, -0.25) is 0 Å². The molecule has 0 saturated heterocycles. The van der Waals surface area contributed by atoms with Crippen molar-refractivity contribution in [1.82, 2.24) is 0 Å². The van der Waals surface area contributed by atoms with E-state index < -0.39 is 0 Å². The number of nitrogens with zero attached hydrogens (tertiary/aromatic N) is 1. The number of methoxy groups -OCH3 is 1. The normalized spacial score (nSPS) is 11.1. The first-order valence-corrected chi connectivity index (χ1v) is 11.0. The van der Waals surface area contributed by atoms with Crippen LogP contribution in [0.1, 0.15) is 16.7 Å². The van der Waals surface area contributed by atoms with Crippen molar-refractivity contribution in [3.05, 3.63) is 90.8 Å². The lowest BCUT2D eigenvalue weighted by Crippen LogP contribution is -1.97.